The monoisotopic (exact) mass is 472 g/mol. The smallest absolute Gasteiger partial charge is 0.333 e. The van der Waals surface area contributed by atoms with Crippen LogP contribution in [0.5, 0.6) is 11.5 Å². The van der Waals surface area contributed by atoms with Gasteiger partial charge in [0.2, 0.25) is 6.79 Å². The summed E-state index contributed by atoms with van der Waals surface area (Å²) < 4.78 is 11.2. The molecule has 33 heavy (non-hydrogen) atoms. The van der Waals surface area contributed by atoms with Gasteiger partial charge in [-0.25, -0.2) is 4.79 Å². The van der Waals surface area contributed by atoms with E-state index in [2.05, 4.69) is 10.2 Å². The van der Waals surface area contributed by atoms with Gasteiger partial charge in [-0.15, -0.1) is 11.3 Å². The Hall–Kier alpha value is -3.04. The van der Waals surface area contributed by atoms with E-state index in [0.29, 0.717) is 35.8 Å². The van der Waals surface area contributed by atoms with Crippen molar-refractivity contribution in [1.29, 1.82) is 0 Å². The molecule has 3 unspecified atom stereocenters. The SMILES string of the molecule is CC1=C(C(=O)O)C(c2cccc3c2OCO3)C(CCN(C)Cc2cccs2)(C(=O)O)C(C)N1. The van der Waals surface area contributed by atoms with Crippen molar-refractivity contribution in [1.82, 2.24) is 10.2 Å². The number of rotatable bonds is 8. The van der Waals surface area contributed by atoms with Crippen LogP contribution in [-0.4, -0.2) is 53.5 Å². The van der Waals surface area contributed by atoms with Gasteiger partial charge in [-0.2, -0.15) is 0 Å². The zero-order valence-electron chi connectivity index (χ0n) is 18.8. The average molecular weight is 473 g/mol. The van der Waals surface area contributed by atoms with Crippen molar-refractivity contribution >= 4 is 23.3 Å². The lowest BCUT2D eigenvalue weighted by molar-refractivity contribution is -0.153. The second-order valence-electron chi connectivity index (χ2n) is 8.64. The molecular formula is C24H28N2O6S. The molecule has 2 aliphatic rings. The van der Waals surface area contributed by atoms with Gasteiger partial charge in [0.25, 0.3) is 0 Å². The summed E-state index contributed by atoms with van der Waals surface area (Å²) in [6.45, 7) is 4.68. The largest absolute Gasteiger partial charge is 0.481 e. The number of thiophene rings is 1. The number of benzene rings is 1. The third-order valence-corrected chi connectivity index (χ3v) is 7.55. The molecule has 2 aliphatic heterocycles. The van der Waals surface area contributed by atoms with Crippen LogP contribution in [0.3, 0.4) is 0 Å². The Morgan fingerprint density at radius 2 is 2.03 bits per heavy atom. The Balaban J connectivity index is 1.79. The van der Waals surface area contributed by atoms with Gasteiger partial charge in [0.05, 0.1) is 5.57 Å². The molecule has 2 aromatic rings. The second kappa shape index (κ2) is 9.07. The van der Waals surface area contributed by atoms with Crippen molar-refractivity contribution in [2.45, 2.75) is 38.8 Å². The number of carbonyl (C=O) groups is 2. The van der Waals surface area contributed by atoms with Crippen molar-refractivity contribution in [2.24, 2.45) is 5.41 Å². The zero-order chi connectivity index (χ0) is 23.8. The van der Waals surface area contributed by atoms with Gasteiger partial charge in [0.1, 0.15) is 5.41 Å². The summed E-state index contributed by atoms with van der Waals surface area (Å²) in [5, 5.41) is 26.0. The quantitative estimate of drug-likeness (QED) is 0.536. The van der Waals surface area contributed by atoms with E-state index < -0.39 is 29.3 Å². The van der Waals surface area contributed by atoms with Crippen molar-refractivity contribution in [3.8, 4) is 11.5 Å². The molecule has 0 aliphatic carbocycles. The van der Waals surface area contributed by atoms with E-state index in [1.54, 1.807) is 36.5 Å². The fourth-order valence-electron chi connectivity index (χ4n) is 5.05. The summed E-state index contributed by atoms with van der Waals surface area (Å²) in [4.78, 5) is 28.7. The summed E-state index contributed by atoms with van der Waals surface area (Å²) in [7, 11) is 1.95. The molecule has 3 heterocycles. The van der Waals surface area contributed by atoms with Gasteiger partial charge in [-0.1, -0.05) is 18.2 Å². The lowest BCUT2D eigenvalue weighted by Gasteiger charge is -2.47. The number of hydrogen-bond acceptors (Lipinski definition) is 7. The molecule has 3 N–H and O–H groups in total. The number of nitrogens with one attached hydrogen (secondary N) is 1. The van der Waals surface area contributed by atoms with Crippen LogP contribution in [-0.2, 0) is 16.1 Å². The molecule has 0 amide bonds. The van der Waals surface area contributed by atoms with E-state index in [4.69, 9.17) is 9.47 Å². The number of para-hydroxylation sites is 1. The Bertz CT molecular complexity index is 1080. The average Bonchev–Trinajstić information content (AvgIpc) is 3.43. The highest BCUT2D eigenvalue weighted by Gasteiger charge is 2.57. The minimum Gasteiger partial charge on any atom is -0.481 e. The molecule has 1 aromatic heterocycles. The maximum atomic E-state index is 13.0. The normalized spacial score (nSPS) is 24.1. The number of nitrogens with zero attached hydrogens (tertiary/aromatic N) is 1. The highest BCUT2D eigenvalue weighted by atomic mass is 32.1. The van der Waals surface area contributed by atoms with E-state index in [0.717, 1.165) is 0 Å². The first-order chi connectivity index (χ1) is 15.8. The number of carboxylic acid groups (broad SMARTS) is 2. The summed E-state index contributed by atoms with van der Waals surface area (Å²) in [5.41, 5.74) is -0.392. The summed E-state index contributed by atoms with van der Waals surface area (Å²) in [6, 6.07) is 8.75. The molecule has 3 atom stereocenters. The van der Waals surface area contributed by atoms with E-state index in [1.807, 2.05) is 31.5 Å². The van der Waals surface area contributed by atoms with Crippen LogP contribution in [0, 0.1) is 5.41 Å². The van der Waals surface area contributed by atoms with Gasteiger partial charge in [0, 0.05) is 34.6 Å². The first-order valence-corrected chi connectivity index (χ1v) is 11.7. The summed E-state index contributed by atoms with van der Waals surface area (Å²) in [6.07, 6.45) is 0.248. The molecule has 0 saturated carbocycles. The standard InChI is InChI=1S/C24H28N2O6S/c1-14-19(22(27)28)20(17-7-4-8-18-21(17)32-13-31-18)24(23(29)30,15(2)25-14)9-10-26(3)12-16-6-5-11-33-16/h4-8,11,15,20,25H,9-10,12-13H2,1-3H3,(H,27,28)(H,29,30). The topological polar surface area (TPSA) is 108 Å². The van der Waals surface area contributed by atoms with Crippen LogP contribution < -0.4 is 14.8 Å². The van der Waals surface area contributed by atoms with Crippen molar-refractivity contribution in [3.63, 3.8) is 0 Å². The molecule has 9 heteroatoms. The van der Waals surface area contributed by atoms with E-state index in [9.17, 15) is 19.8 Å². The molecular weight excluding hydrogens is 444 g/mol. The summed E-state index contributed by atoms with van der Waals surface area (Å²) >= 11 is 1.65. The fourth-order valence-corrected chi connectivity index (χ4v) is 5.84. The van der Waals surface area contributed by atoms with E-state index >= 15 is 0 Å². The predicted molar refractivity (Wildman–Crippen MR) is 124 cm³/mol. The number of ether oxygens (including phenoxy) is 2. The zero-order valence-corrected chi connectivity index (χ0v) is 19.6. The van der Waals surface area contributed by atoms with Crippen molar-refractivity contribution in [3.05, 3.63) is 57.4 Å². The lowest BCUT2D eigenvalue weighted by Crippen LogP contribution is -2.57. The van der Waals surface area contributed by atoms with Gasteiger partial charge in [0.15, 0.2) is 11.5 Å². The molecule has 8 nitrogen and oxygen atoms in total. The number of aliphatic carboxylic acids is 2. The van der Waals surface area contributed by atoms with Gasteiger partial charge < -0.3 is 29.9 Å². The molecule has 0 radical (unpaired) electrons. The van der Waals surface area contributed by atoms with Crippen LogP contribution in [0.15, 0.2) is 47.0 Å². The fraction of sp³-hybridized carbons (Fsp3) is 0.417. The molecule has 0 saturated heterocycles. The van der Waals surface area contributed by atoms with Crippen LogP contribution >= 0.6 is 11.3 Å². The van der Waals surface area contributed by atoms with Crippen LogP contribution in [0.25, 0.3) is 0 Å². The van der Waals surface area contributed by atoms with Crippen molar-refractivity contribution < 1.29 is 29.3 Å². The Kier molecular flexibility index (Phi) is 6.36. The Morgan fingerprint density at radius 3 is 2.70 bits per heavy atom. The van der Waals surface area contributed by atoms with Crippen LogP contribution in [0.4, 0.5) is 0 Å². The number of hydrogen-bond donors (Lipinski definition) is 3. The number of fused-ring (bicyclic) bond motifs is 1. The third kappa shape index (κ3) is 4.06. The maximum Gasteiger partial charge on any atom is 0.333 e. The molecule has 0 bridgehead atoms. The van der Waals surface area contributed by atoms with Gasteiger partial charge in [-0.05, 0) is 51.4 Å². The highest BCUT2D eigenvalue weighted by Crippen LogP contribution is 2.54. The first kappa shape index (κ1) is 23.1. The Morgan fingerprint density at radius 1 is 1.24 bits per heavy atom. The second-order valence-corrected chi connectivity index (χ2v) is 9.67. The summed E-state index contributed by atoms with van der Waals surface area (Å²) in [5.74, 6) is -2.20. The Labute approximate surface area is 196 Å². The minimum absolute atomic E-state index is 0.0155. The van der Waals surface area contributed by atoms with E-state index in [1.165, 1.54) is 4.88 Å². The molecule has 0 fully saturated rings. The number of allylic oxidation sites excluding steroid dienone is 1. The number of carboxylic acids is 2. The third-order valence-electron chi connectivity index (χ3n) is 6.69. The lowest BCUT2D eigenvalue weighted by atomic mass is 9.60. The van der Waals surface area contributed by atoms with Crippen molar-refractivity contribution in [2.75, 3.05) is 20.4 Å². The van der Waals surface area contributed by atoms with Crippen LogP contribution in [0.1, 0.15) is 36.6 Å². The molecule has 176 valence electrons. The predicted octanol–water partition coefficient (Wildman–Crippen LogP) is 3.50. The highest BCUT2D eigenvalue weighted by molar-refractivity contribution is 7.09. The molecule has 1 aromatic carbocycles. The van der Waals surface area contributed by atoms with Crippen LogP contribution in [0.2, 0.25) is 0 Å². The first-order valence-electron chi connectivity index (χ1n) is 10.8. The minimum atomic E-state index is -1.42. The van der Waals surface area contributed by atoms with Gasteiger partial charge in [-0.3, -0.25) is 4.79 Å². The van der Waals surface area contributed by atoms with E-state index in [-0.39, 0.29) is 18.8 Å². The molecule has 4 rings (SSSR count). The molecule has 0 spiro atoms. The maximum absolute atomic E-state index is 13.0. The van der Waals surface area contributed by atoms with Gasteiger partial charge >= 0.3 is 11.9 Å².